The van der Waals surface area contributed by atoms with Crippen molar-refractivity contribution in [2.75, 3.05) is 5.32 Å². The van der Waals surface area contributed by atoms with Gasteiger partial charge in [0.15, 0.2) is 0 Å². The number of carboxylic acids is 1. The predicted octanol–water partition coefficient (Wildman–Crippen LogP) is 2.93. The minimum atomic E-state index is -0.836. The Labute approximate surface area is 130 Å². The van der Waals surface area contributed by atoms with Crippen molar-refractivity contribution in [3.63, 3.8) is 0 Å². The largest absolute Gasteiger partial charge is 0.481 e. The van der Waals surface area contributed by atoms with Gasteiger partial charge in [0, 0.05) is 12.1 Å². The number of carbonyl (C=O) groups excluding carboxylic acids is 1. The Morgan fingerprint density at radius 2 is 1.86 bits per heavy atom. The molecule has 0 radical (unpaired) electrons. The molecule has 22 heavy (non-hydrogen) atoms. The SMILES string of the molecule is O=C(O)CC1(CC(=O)Nc2cccc(CO)c2)CCCCC1. The normalized spacial score (nSPS) is 17.0. The monoisotopic (exact) mass is 305 g/mol. The van der Waals surface area contributed by atoms with Gasteiger partial charge in [0.2, 0.25) is 5.91 Å². The molecule has 5 nitrogen and oxygen atoms in total. The number of benzene rings is 1. The Morgan fingerprint density at radius 3 is 2.50 bits per heavy atom. The highest BCUT2D eigenvalue weighted by molar-refractivity contribution is 5.91. The number of aliphatic hydroxyl groups excluding tert-OH is 1. The molecule has 0 atom stereocenters. The minimum absolute atomic E-state index is 0.0527. The van der Waals surface area contributed by atoms with Crippen LogP contribution in [0.1, 0.15) is 50.5 Å². The molecule has 1 aromatic rings. The molecule has 1 aliphatic rings. The number of hydrogen-bond acceptors (Lipinski definition) is 3. The van der Waals surface area contributed by atoms with Crippen molar-refractivity contribution < 1.29 is 19.8 Å². The van der Waals surface area contributed by atoms with E-state index < -0.39 is 11.4 Å². The van der Waals surface area contributed by atoms with Gasteiger partial charge < -0.3 is 15.5 Å². The fraction of sp³-hybridized carbons (Fsp3) is 0.529. The fourth-order valence-electron chi connectivity index (χ4n) is 3.33. The van der Waals surface area contributed by atoms with Crippen LogP contribution < -0.4 is 5.32 Å². The quantitative estimate of drug-likeness (QED) is 0.754. The zero-order chi connectivity index (χ0) is 16.0. The molecule has 0 heterocycles. The van der Waals surface area contributed by atoms with Gasteiger partial charge in [-0.05, 0) is 36.0 Å². The Morgan fingerprint density at radius 1 is 1.14 bits per heavy atom. The van der Waals surface area contributed by atoms with Gasteiger partial charge in [-0.1, -0.05) is 31.4 Å². The summed E-state index contributed by atoms with van der Waals surface area (Å²) in [6, 6.07) is 7.04. The maximum absolute atomic E-state index is 12.3. The van der Waals surface area contributed by atoms with Crippen molar-refractivity contribution in [1.29, 1.82) is 0 Å². The predicted molar refractivity (Wildman–Crippen MR) is 83.4 cm³/mol. The zero-order valence-corrected chi connectivity index (χ0v) is 12.7. The number of rotatable bonds is 6. The van der Waals surface area contributed by atoms with Gasteiger partial charge in [-0.2, -0.15) is 0 Å². The molecule has 5 heteroatoms. The molecule has 1 saturated carbocycles. The first kappa shape index (κ1) is 16.5. The van der Waals surface area contributed by atoms with E-state index in [2.05, 4.69) is 5.32 Å². The third kappa shape index (κ3) is 4.56. The highest BCUT2D eigenvalue weighted by atomic mass is 16.4. The molecule has 1 aliphatic carbocycles. The summed E-state index contributed by atoms with van der Waals surface area (Å²) in [6.45, 7) is -0.0767. The van der Waals surface area contributed by atoms with Crippen LogP contribution >= 0.6 is 0 Å². The lowest BCUT2D eigenvalue weighted by Gasteiger charge is -2.35. The van der Waals surface area contributed by atoms with Crippen LogP contribution in [0.15, 0.2) is 24.3 Å². The second-order valence-electron chi connectivity index (χ2n) is 6.21. The van der Waals surface area contributed by atoms with Gasteiger partial charge in [-0.3, -0.25) is 9.59 Å². The number of anilines is 1. The lowest BCUT2D eigenvalue weighted by atomic mass is 9.69. The van der Waals surface area contributed by atoms with E-state index >= 15 is 0 Å². The van der Waals surface area contributed by atoms with Crippen molar-refractivity contribution in [3.05, 3.63) is 29.8 Å². The van der Waals surface area contributed by atoms with Gasteiger partial charge in [0.05, 0.1) is 13.0 Å². The van der Waals surface area contributed by atoms with E-state index in [0.29, 0.717) is 5.69 Å². The highest BCUT2D eigenvalue weighted by Crippen LogP contribution is 2.42. The summed E-state index contributed by atoms with van der Waals surface area (Å²) in [5.41, 5.74) is 0.955. The molecular formula is C17H23NO4. The Bertz CT molecular complexity index is 535. The Kier molecular flexibility index (Phi) is 5.55. The summed E-state index contributed by atoms with van der Waals surface area (Å²) in [5, 5.41) is 21.1. The van der Waals surface area contributed by atoms with E-state index in [1.807, 2.05) is 0 Å². The first-order valence-electron chi connectivity index (χ1n) is 7.74. The molecule has 120 valence electrons. The Balaban J connectivity index is 2.02. The lowest BCUT2D eigenvalue weighted by Crippen LogP contribution is -2.32. The van der Waals surface area contributed by atoms with Crippen LogP contribution in [0.25, 0.3) is 0 Å². The number of amides is 1. The van der Waals surface area contributed by atoms with Crippen LogP contribution in [0.2, 0.25) is 0 Å². The molecule has 0 aliphatic heterocycles. The van der Waals surface area contributed by atoms with Crippen molar-refractivity contribution in [3.8, 4) is 0 Å². The standard InChI is InChI=1S/C17H23NO4/c19-12-13-5-4-6-14(9-13)18-15(20)10-17(11-16(21)22)7-2-1-3-8-17/h4-6,9,19H,1-3,7-8,10-12H2,(H,18,20)(H,21,22). The van der Waals surface area contributed by atoms with Crippen molar-refractivity contribution in [1.82, 2.24) is 0 Å². The number of nitrogens with one attached hydrogen (secondary N) is 1. The van der Waals surface area contributed by atoms with Gasteiger partial charge >= 0.3 is 5.97 Å². The van der Waals surface area contributed by atoms with E-state index in [0.717, 1.165) is 37.7 Å². The maximum atomic E-state index is 12.3. The molecule has 0 aromatic heterocycles. The smallest absolute Gasteiger partial charge is 0.303 e. The number of carboxylic acid groups (broad SMARTS) is 1. The third-order valence-electron chi connectivity index (χ3n) is 4.37. The summed E-state index contributed by atoms with van der Waals surface area (Å²) in [4.78, 5) is 23.4. The summed E-state index contributed by atoms with van der Waals surface area (Å²) < 4.78 is 0. The zero-order valence-electron chi connectivity index (χ0n) is 12.7. The number of aliphatic carboxylic acids is 1. The van der Waals surface area contributed by atoms with E-state index in [1.165, 1.54) is 0 Å². The number of hydrogen-bond donors (Lipinski definition) is 3. The van der Waals surface area contributed by atoms with Crippen molar-refractivity contribution >= 4 is 17.6 Å². The molecule has 0 spiro atoms. The molecule has 0 saturated heterocycles. The molecule has 3 N–H and O–H groups in total. The van der Waals surface area contributed by atoms with E-state index in [-0.39, 0.29) is 25.4 Å². The molecule has 1 fully saturated rings. The van der Waals surface area contributed by atoms with Gasteiger partial charge in [0.1, 0.15) is 0 Å². The highest BCUT2D eigenvalue weighted by Gasteiger charge is 2.36. The van der Waals surface area contributed by atoms with Crippen LogP contribution in [-0.4, -0.2) is 22.1 Å². The second kappa shape index (κ2) is 7.40. The first-order chi connectivity index (χ1) is 10.5. The second-order valence-corrected chi connectivity index (χ2v) is 6.21. The Hall–Kier alpha value is -1.88. The fourth-order valence-corrected chi connectivity index (χ4v) is 3.33. The van der Waals surface area contributed by atoms with E-state index in [1.54, 1.807) is 24.3 Å². The first-order valence-corrected chi connectivity index (χ1v) is 7.74. The van der Waals surface area contributed by atoms with Crippen LogP contribution in [0.5, 0.6) is 0 Å². The van der Waals surface area contributed by atoms with Crippen LogP contribution in [0, 0.1) is 5.41 Å². The summed E-state index contributed by atoms with van der Waals surface area (Å²) in [6.07, 6.45) is 4.97. The van der Waals surface area contributed by atoms with E-state index in [9.17, 15) is 9.59 Å². The maximum Gasteiger partial charge on any atom is 0.303 e. The van der Waals surface area contributed by atoms with Crippen LogP contribution in [0.4, 0.5) is 5.69 Å². The minimum Gasteiger partial charge on any atom is -0.481 e. The van der Waals surface area contributed by atoms with Crippen LogP contribution in [-0.2, 0) is 16.2 Å². The molecule has 1 amide bonds. The van der Waals surface area contributed by atoms with Gasteiger partial charge in [-0.25, -0.2) is 0 Å². The van der Waals surface area contributed by atoms with Gasteiger partial charge in [0.25, 0.3) is 0 Å². The average molecular weight is 305 g/mol. The summed E-state index contributed by atoms with van der Waals surface area (Å²) in [5.74, 6) is -0.991. The number of carbonyl (C=O) groups is 2. The molecule has 1 aromatic carbocycles. The summed E-state index contributed by atoms with van der Waals surface area (Å²) in [7, 11) is 0. The van der Waals surface area contributed by atoms with Crippen molar-refractivity contribution in [2.45, 2.75) is 51.6 Å². The van der Waals surface area contributed by atoms with Gasteiger partial charge in [-0.15, -0.1) is 0 Å². The molecular weight excluding hydrogens is 282 g/mol. The third-order valence-corrected chi connectivity index (χ3v) is 4.37. The molecule has 0 unspecified atom stereocenters. The van der Waals surface area contributed by atoms with Crippen LogP contribution in [0.3, 0.4) is 0 Å². The summed E-state index contributed by atoms with van der Waals surface area (Å²) >= 11 is 0. The molecule has 0 bridgehead atoms. The van der Waals surface area contributed by atoms with E-state index in [4.69, 9.17) is 10.2 Å². The topological polar surface area (TPSA) is 86.6 Å². The average Bonchev–Trinajstić information content (AvgIpc) is 2.47. The number of aliphatic hydroxyl groups is 1. The molecule has 2 rings (SSSR count). The lowest BCUT2D eigenvalue weighted by molar-refractivity contribution is -0.140. The van der Waals surface area contributed by atoms with Crippen molar-refractivity contribution in [2.24, 2.45) is 5.41 Å².